The van der Waals surface area contributed by atoms with E-state index in [9.17, 15) is 25.2 Å². The molecular formula is C22H24N2O9. The van der Waals surface area contributed by atoms with Crippen LogP contribution in [0.3, 0.4) is 0 Å². The first-order valence-corrected chi connectivity index (χ1v) is 10.1. The van der Waals surface area contributed by atoms with E-state index in [2.05, 4.69) is 9.97 Å². The fraction of sp³-hybridized carbons (Fsp3) is 0.364. The molecule has 3 aromatic rings. The normalized spacial score (nSPS) is 25.1. The van der Waals surface area contributed by atoms with Crippen LogP contribution < -0.4 is 19.8 Å². The summed E-state index contributed by atoms with van der Waals surface area (Å²) in [7, 11) is 2.96. The van der Waals surface area contributed by atoms with Crippen molar-refractivity contribution in [3.8, 4) is 28.6 Å². The van der Waals surface area contributed by atoms with Crippen molar-refractivity contribution >= 4 is 10.9 Å². The molecule has 5 atom stereocenters. The quantitative estimate of drug-likeness (QED) is 0.332. The van der Waals surface area contributed by atoms with Crippen LogP contribution in [0.1, 0.15) is 0 Å². The van der Waals surface area contributed by atoms with Gasteiger partial charge in [-0.1, -0.05) is 0 Å². The summed E-state index contributed by atoms with van der Waals surface area (Å²) < 4.78 is 21.5. The van der Waals surface area contributed by atoms with Crippen molar-refractivity contribution in [3.63, 3.8) is 0 Å². The lowest BCUT2D eigenvalue weighted by Gasteiger charge is -2.39. The van der Waals surface area contributed by atoms with Gasteiger partial charge in [0.2, 0.25) is 6.29 Å². The van der Waals surface area contributed by atoms with Crippen LogP contribution in [0.15, 0.2) is 41.2 Å². The van der Waals surface area contributed by atoms with E-state index in [1.165, 1.54) is 14.2 Å². The van der Waals surface area contributed by atoms with Crippen molar-refractivity contribution in [3.05, 3.63) is 46.8 Å². The van der Waals surface area contributed by atoms with Gasteiger partial charge in [0.25, 0.3) is 5.56 Å². The minimum Gasteiger partial charge on any atom is -0.497 e. The Morgan fingerprint density at radius 2 is 1.73 bits per heavy atom. The smallest absolute Gasteiger partial charge is 0.262 e. The predicted molar refractivity (Wildman–Crippen MR) is 115 cm³/mol. The average molecular weight is 460 g/mol. The monoisotopic (exact) mass is 460 g/mol. The lowest BCUT2D eigenvalue weighted by Crippen LogP contribution is -2.60. The number of nitrogens with one attached hydrogen (secondary N) is 1. The average Bonchev–Trinajstić information content (AvgIpc) is 2.83. The molecule has 0 aliphatic carbocycles. The summed E-state index contributed by atoms with van der Waals surface area (Å²) >= 11 is 0. The molecule has 11 nitrogen and oxygen atoms in total. The third-order valence-electron chi connectivity index (χ3n) is 5.43. The van der Waals surface area contributed by atoms with E-state index in [1.807, 2.05) is 0 Å². The highest BCUT2D eigenvalue weighted by Gasteiger charge is 2.44. The minimum absolute atomic E-state index is 0.287. The van der Waals surface area contributed by atoms with Crippen LogP contribution in [0.4, 0.5) is 0 Å². The number of hydrogen-bond donors (Lipinski definition) is 5. The molecular weight excluding hydrogens is 436 g/mol. The van der Waals surface area contributed by atoms with Crippen LogP contribution in [0.2, 0.25) is 0 Å². The number of nitrogens with zero attached hydrogens (tertiary/aromatic N) is 1. The Morgan fingerprint density at radius 3 is 2.36 bits per heavy atom. The number of aromatic nitrogens is 2. The van der Waals surface area contributed by atoms with Gasteiger partial charge in [-0.2, -0.15) is 0 Å². The highest BCUT2D eigenvalue weighted by Crippen LogP contribution is 2.30. The number of benzene rings is 2. The molecule has 176 valence electrons. The number of fused-ring (bicyclic) bond motifs is 1. The molecule has 1 aliphatic heterocycles. The number of methoxy groups -OCH3 is 2. The van der Waals surface area contributed by atoms with Crippen molar-refractivity contribution in [2.24, 2.45) is 0 Å². The van der Waals surface area contributed by atoms with Crippen molar-refractivity contribution in [1.82, 2.24) is 9.97 Å². The highest BCUT2D eigenvalue weighted by molar-refractivity contribution is 5.87. The van der Waals surface area contributed by atoms with E-state index in [0.717, 1.165) is 0 Å². The topological polar surface area (TPSA) is 164 Å². The number of ether oxygens (including phenoxy) is 4. The lowest BCUT2D eigenvalue weighted by atomic mass is 9.99. The second-order valence-electron chi connectivity index (χ2n) is 7.48. The first-order valence-electron chi connectivity index (χ1n) is 10.1. The van der Waals surface area contributed by atoms with E-state index in [4.69, 9.17) is 18.9 Å². The van der Waals surface area contributed by atoms with E-state index < -0.39 is 37.3 Å². The van der Waals surface area contributed by atoms with Gasteiger partial charge in [0, 0.05) is 17.7 Å². The molecule has 2 aromatic carbocycles. The van der Waals surface area contributed by atoms with Crippen LogP contribution in [0.25, 0.3) is 22.3 Å². The van der Waals surface area contributed by atoms with Crippen molar-refractivity contribution in [2.75, 3.05) is 20.8 Å². The maximum atomic E-state index is 12.7. The SMILES string of the molecule is COc1cc(OC)c2c(=O)[nH]c(-c3ccc(O[C@@H]4O[C@H](CO)[C@@H](O)[C@@H](O)[C@H]4O)cc3)nc2c1. The minimum atomic E-state index is -1.54. The summed E-state index contributed by atoms with van der Waals surface area (Å²) in [6.07, 6.45) is -6.91. The third kappa shape index (κ3) is 4.36. The Labute approximate surface area is 187 Å². The van der Waals surface area contributed by atoms with Gasteiger partial charge in [0.05, 0.1) is 26.3 Å². The highest BCUT2D eigenvalue weighted by atomic mass is 16.7. The molecule has 11 heteroatoms. The molecule has 0 amide bonds. The first-order chi connectivity index (χ1) is 15.9. The zero-order valence-electron chi connectivity index (χ0n) is 17.8. The summed E-state index contributed by atoms with van der Waals surface area (Å²) in [5.74, 6) is 1.43. The Hall–Kier alpha value is -3.22. The van der Waals surface area contributed by atoms with Gasteiger partial charge in [0.1, 0.15) is 52.9 Å². The van der Waals surface area contributed by atoms with Crippen molar-refractivity contribution in [2.45, 2.75) is 30.7 Å². The number of hydrogen-bond acceptors (Lipinski definition) is 10. The van der Waals surface area contributed by atoms with E-state index >= 15 is 0 Å². The maximum Gasteiger partial charge on any atom is 0.262 e. The summed E-state index contributed by atoms with van der Waals surface area (Å²) in [5, 5.41) is 39.5. The third-order valence-corrected chi connectivity index (χ3v) is 5.43. The maximum absolute atomic E-state index is 12.7. The van der Waals surface area contributed by atoms with Gasteiger partial charge < -0.3 is 44.4 Å². The van der Waals surface area contributed by atoms with Crippen LogP contribution in [0, 0.1) is 0 Å². The second-order valence-corrected chi connectivity index (χ2v) is 7.48. The number of aliphatic hydroxyl groups is 4. The summed E-state index contributed by atoms with van der Waals surface area (Å²) in [5.41, 5.74) is 0.597. The second kappa shape index (κ2) is 9.33. The van der Waals surface area contributed by atoms with E-state index in [0.29, 0.717) is 33.8 Å². The van der Waals surface area contributed by atoms with Crippen molar-refractivity contribution in [1.29, 1.82) is 0 Å². The van der Waals surface area contributed by atoms with Crippen LogP contribution in [-0.4, -0.2) is 81.9 Å². The molecule has 0 radical (unpaired) electrons. The zero-order chi connectivity index (χ0) is 23.7. The number of aliphatic hydroxyl groups excluding tert-OH is 4. The molecule has 1 saturated heterocycles. The number of H-pyrrole nitrogens is 1. The molecule has 1 fully saturated rings. The largest absolute Gasteiger partial charge is 0.497 e. The van der Waals surface area contributed by atoms with Gasteiger partial charge >= 0.3 is 0 Å². The van der Waals surface area contributed by atoms with Crippen molar-refractivity contribution < 1.29 is 39.4 Å². The molecule has 33 heavy (non-hydrogen) atoms. The van der Waals surface area contributed by atoms with E-state index in [-0.39, 0.29) is 11.3 Å². The molecule has 5 N–H and O–H groups in total. The molecule has 2 heterocycles. The van der Waals surface area contributed by atoms with Gasteiger partial charge in [-0.15, -0.1) is 0 Å². The molecule has 0 unspecified atom stereocenters. The molecule has 4 rings (SSSR count). The number of aromatic amines is 1. The summed E-state index contributed by atoms with van der Waals surface area (Å²) in [6, 6.07) is 9.64. The van der Waals surface area contributed by atoms with Gasteiger partial charge in [-0.3, -0.25) is 4.79 Å². The first kappa shape index (κ1) is 23.0. The Morgan fingerprint density at radius 1 is 1.00 bits per heavy atom. The summed E-state index contributed by atoms with van der Waals surface area (Å²) in [4.78, 5) is 19.9. The molecule has 0 bridgehead atoms. The summed E-state index contributed by atoms with van der Waals surface area (Å²) in [6.45, 7) is -0.555. The molecule has 0 saturated carbocycles. The Kier molecular flexibility index (Phi) is 6.49. The standard InChI is InChI=1S/C22H24N2O9/c1-30-12-7-13-16(14(8-12)31-2)21(29)24-20(23-13)10-3-5-11(6-4-10)32-22-19(28)18(27)17(26)15(9-25)33-22/h3-8,15,17-19,22,25-28H,9H2,1-2H3,(H,23,24,29)/t15-,17-,18-,19-,22-/m1/s1. The van der Waals surface area contributed by atoms with Gasteiger partial charge in [-0.25, -0.2) is 4.98 Å². The fourth-order valence-corrected chi connectivity index (χ4v) is 3.62. The number of rotatable bonds is 6. The zero-order valence-corrected chi connectivity index (χ0v) is 17.8. The van der Waals surface area contributed by atoms with Crippen LogP contribution >= 0.6 is 0 Å². The molecule has 1 aromatic heterocycles. The molecule has 0 spiro atoms. The van der Waals surface area contributed by atoms with Crippen LogP contribution in [0.5, 0.6) is 17.2 Å². The lowest BCUT2D eigenvalue weighted by molar-refractivity contribution is -0.277. The van der Waals surface area contributed by atoms with Gasteiger partial charge in [0.15, 0.2) is 0 Å². The Balaban J connectivity index is 1.60. The van der Waals surface area contributed by atoms with Crippen LogP contribution in [-0.2, 0) is 4.74 Å². The Bertz CT molecular complexity index is 1180. The fourth-order valence-electron chi connectivity index (χ4n) is 3.62. The molecule has 1 aliphatic rings. The van der Waals surface area contributed by atoms with Gasteiger partial charge in [-0.05, 0) is 24.3 Å². The van der Waals surface area contributed by atoms with E-state index in [1.54, 1.807) is 36.4 Å². The predicted octanol–water partition coefficient (Wildman–Crippen LogP) is -0.214.